The molecular weight excluding hydrogens is 665 g/mol. The van der Waals surface area contributed by atoms with Gasteiger partial charge in [-0.3, -0.25) is 0 Å². The third-order valence-corrected chi connectivity index (χ3v) is 11.8. The van der Waals surface area contributed by atoms with Crippen LogP contribution < -0.4 is 0 Å². The standard InChI is InChI=1S/C54H32O/c1-2-10-33(11-3-1)38-23-26-46-48(28-38)41-14-6-8-16-44(41)54-47-27-24-39(29-49(47)42-15-7-9-17-45(42)53(46)54)34-18-20-35(21-19-34)40-22-25-43-50-30-36-12-4-5-13-37(36)31-52(50)55-51(43)32-40/h1-32H. The number of benzene rings is 11. The number of hydrogen-bond acceptors (Lipinski definition) is 1. The molecule has 12 rings (SSSR count). The van der Waals surface area contributed by atoms with Crippen molar-refractivity contribution in [2.24, 2.45) is 0 Å². The van der Waals surface area contributed by atoms with E-state index >= 15 is 0 Å². The van der Waals surface area contributed by atoms with E-state index in [0.29, 0.717) is 0 Å². The fraction of sp³-hybridized carbons (Fsp3) is 0. The van der Waals surface area contributed by atoms with Crippen molar-refractivity contribution in [1.29, 1.82) is 0 Å². The second-order valence-electron chi connectivity index (χ2n) is 14.8. The van der Waals surface area contributed by atoms with Gasteiger partial charge in [0.2, 0.25) is 0 Å². The minimum atomic E-state index is 0.914. The molecule has 0 unspecified atom stereocenters. The Labute approximate surface area is 317 Å². The van der Waals surface area contributed by atoms with Crippen molar-refractivity contribution < 1.29 is 4.42 Å². The van der Waals surface area contributed by atoms with Crippen molar-refractivity contribution in [3.05, 3.63) is 194 Å². The lowest BCUT2D eigenvalue weighted by molar-refractivity contribution is 0.669. The highest BCUT2D eigenvalue weighted by Crippen LogP contribution is 2.45. The van der Waals surface area contributed by atoms with Crippen molar-refractivity contribution >= 4 is 86.6 Å². The predicted octanol–water partition coefficient (Wildman–Crippen LogP) is 15.5. The van der Waals surface area contributed by atoms with Crippen LogP contribution in [0.3, 0.4) is 0 Å². The van der Waals surface area contributed by atoms with Crippen LogP contribution in [0.1, 0.15) is 0 Å². The van der Waals surface area contributed by atoms with Gasteiger partial charge in [-0.2, -0.15) is 0 Å². The zero-order valence-corrected chi connectivity index (χ0v) is 29.9. The molecule has 1 aromatic heterocycles. The first-order chi connectivity index (χ1) is 27.2. The first kappa shape index (κ1) is 30.3. The molecular formula is C54H32O. The largest absolute Gasteiger partial charge is 0.456 e. The van der Waals surface area contributed by atoms with Crippen LogP contribution >= 0.6 is 0 Å². The van der Waals surface area contributed by atoms with Gasteiger partial charge in [-0.05, 0) is 134 Å². The molecule has 0 N–H and O–H groups in total. The molecule has 1 heteroatoms. The van der Waals surface area contributed by atoms with E-state index in [1.807, 2.05) is 0 Å². The Balaban J connectivity index is 1.00. The van der Waals surface area contributed by atoms with E-state index in [2.05, 4.69) is 194 Å². The summed E-state index contributed by atoms with van der Waals surface area (Å²) in [5.74, 6) is 0. The van der Waals surface area contributed by atoms with Gasteiger partial charge in [0.25, 0.3) is 0 Å². The number of rotatable bonds is 3. The summed E-state index contributed by atoms with van der Waals surface area (Å²) >= 11 is 0. The van der Waals surface area contributed by atoms with Crippen LogP contribution in [0.15, 0.2) is 199 Å². The summed E-state index contributed by atoms with van der Waals surface area (Å²) in [6, 6.07) is 71.1. The molecule has 0 amide bonds. The highest BCUT2D eigenvalue weighted by atomic mass is 16.3. The molecule has 0 saturated heterocycles. The molecule has 1 heterocycles. The molecule has 0 aliphatic carbocycles. The van der Waals surface area contributed by atoms with Gasteiger partial charge >= 0.3 is 0 Å². The summed E-state index contributed by atoms with van der Waals surface area (Å²) < 4.78 is 6.40. The SMILES string of the molecule is c1ccc(-c2ccc3c(c2)c2ccccc2c2c4ccc(-c5ccc(-c6ccc7c(c6)oc6cc8ccccc8cc67)cc5)cc4c4ccccc4c32)cc1. The number of hydrogen-bond donors (Lipinski definition) is 0. The average Bonchev–Trinajstić information content (AvgIpc) is 3.62. The Morgan fingerprint density at radius 2 is 0.618 bits per heavy atom. The van der Waals surface area contributed by atoms with Crippen LogP contribution in [0.2, 0.25) is 0 Å². The normalized spacial score (nSPS) is 12.0. The predicted molar refractivity (Wildman–Crippen MR) is 235 cm³/mol. The molecule has 11 aromatic carbocycles. The monoisotopic (exact) mass is 696 g/mol. The van der Waals surface area contributed by atoms with Gasteiger partial charge in [-0.15, -0.1) is 0 Å². The third-order valence-electron chi connectivity index (χ3n) is 11.8. The summed E-state index contributed by atoms with van der Waals surface area (Å²) in [5.41, 5.74) is 9.04. The topological polar surface area (TPSA) is 13.1 Å². The van der Waals surface area contributed by atoms with Crippen LogP contribution in [-0.2, 0) is 0 Å². The van der Waals surface area contributed by atoms with Gasteiger partial charge in [0.15, 0.2) is 0 Å². The van der Waals surface area contributed by atoms with Gasteiger partial charge < -0.3 is 4.42 Å². The van der Waals surface area contributed by atoms with Crippen molar-refractivity contribution in [2.45, 2.75) is 0 Å². The van der Waals surface area contributed by atoms with Crippen LogP contribution in [0, 0.1) is 0 Å². The molecule has 0 aliphatic rings. The molecule has 0 saturated carbocycles. The van der Waals surface area contributed by atoms with Gasteiger partial charge in [0.1, 0.15) is 11.2 Å². The molecule has 0 spiro atoms. The molecule has 55 heavy (non-hydrogen) atoms. The molecule has 0 radical (unpaired) electrons. The van der Waals surface area contributed by atoms with E-state index < -0.39 is 0 Å². The summed E-state index contributed by atoms with van der Waals surface area (Å²) in [6.45, 7) is 0. The highest BCUT2D eigenvalue weighted by Gasteiger charge is 2.17. The van der Waals surface area contributed by atoms with Crippen LogP contribution in [-0.4, -0.2) is 0 Å². The average molecular weight is 697 g/mol. The molecule has 1 nitrogen and oxygen atoms in total. The maximum absolute atomic E-state index is 6.40. The second-order valence-corrected chi connectivity index (χ2v) is 14.8. The molecule has 254 valence electrons. The van der Waals surface area contributed by atoms with E-state index in [1.165, 1.54) is 92.5 Å². The van der Waals surface area contributed by atoms with Crippen LogP contribution in [0.5, 0.6) is 0 Å². The summed E-state index contributed by atoms with van der Waals surface area (Å²) in [4.78, 5) is 0. The van der Waals surface area contributed by atoms with Crippen LogP contribution in [0.4, 0.5) is 0 Å². The lowest BCUT2D eigenvalue weighted by atomic mass is 9.85. The molecule has 0 fully saturated rings. The minimum Gasteiger partial charge on any atom is -0.456 e. The molecule has 0 atom stereocenters. The Kier molecular flexibility index (Phi) is 6.40. The fourth-order valence-electron chi connectivity index (χ4n) is 9.16. The lowest BCUT2D eigenvalue weighted by Crippen LogP contribution is -1.90. The fourth-order valence-corrected chi connectivity index (χ4v) is 9.16. The Morgan fingerprint density at radius 3 is 1.20 bits per heavy atom. The Morgan fingerprint density at radius 1 is 0.218 bits per heavy atom. The van der Waals surface area contributed by atoms with Crippen molar-refractivity contribution in [3.8, 4) is 33.4 Å². The van der Waals surface area contributed by atoms with E-state index in [0.717, 1.165) is 27.5 Å². The lowest BCUT2D eigenvalue weighted by Gasteiger charge is -2.18. The molecule has 0 bridgehead atoms. The van der Waals surface area contributed by atoms with E-state index in [9.17, 15) is 0 Å². The van der Waals surface area contributed by atoms with Crippen LogP contribution in [0.25, 0.3) is 120 Å². The maximum atomic E-state index is 6.40. The van der Waals surface area contributed by atoms with Crippen molar-refractivity contribution in [1.82, 2.24) is 0 Å². The summed E-state index contributed by atoms with van der Waals surface area (Å²) in [7, 11) is 0. The van der Waals surface area contributed by atoms with E-state index in [1.54, 1.807) is 0 Å². The van der Waals surface area contributed by atoms with Gasteiger partial charge in [0, 0.05) is 10.8 Å². The van der Waals surface area contributed by atoms with Crippen molar-refractivity contribution in [3.63, 3.8) is 0 Å². The molecule has 12 aromatic rings. The van der Waals surface area contributed by atoms with Crippen molar-refractivity contribution in [2.75, 3.05) is 0 Å². The van der Waals surface area contributed by atoms with E-state index in [-0.39, 0.29) is 0 Å². The minimum absolute atomic E-state index is 0.914. The zero-order chi connectivity index (χ0) is 36.0. The summed E-state index contributed by atoms with van der Waals surface area (Å²) in [6.07, 6.45) is 0. The first-order valence-corrected chi connectivity index (χ1v) is 19.0. The smallest absolute Gasteiger partial charge is 0.136 e. The number of fused-ring (bicyclic) bond motifs is 15. The van der Waals surface area contributed by atoms with Gasteiger partial charge in [0.05, 0.1) is 0 Å². The quantitative estimate of drug-likeness (QED) is 0.168. The van der Waals surface area contributed by atoms with E-state index in [4.69, 9.17) is 4.42 Å². The van der Waals surface area contributed by atoms with Gasteiger partial charge in [-0.25, -0.2) is 0 Å². The highest BCUT2D eigenvalue weighted by molar-refractivity contribution is 6.39. The third kappa shape index (κ3) is 4.60. The first-order valence-electron chi connectivity index (χ1n) is 19.0. The summed E-state index contributed by atoms with van der Waals surface area (Å²) in [5, 5.41) is 17.7. The number of furan rings is 1. The van der Waals surface area contributed by atoms with Gasteiger partial charge in [-0.1, -0.05) is 158 Å². The Bertz CT molecular complexity index is 3520. The Hall–Kier alpha value is -7.22. The second kappa shape index (κ2) is 11.6. The zero-order valence-electron chi connectivity index (χ0n) is 29.9. The maximum Gasteiger partial charge on any atom is 0.136 e. The molecule has 0 aliphatic heterocycles.